The fourth-order valence-corrected chi connectivity index (χ4v) is 4.12. The summed E-state index contributed by atoms with van der Waals surface area (Å²) in [6.07, 6.45) is 2.06. The van der Waals surface area contributed by atoms with Gasteiger partial charge in [0.25, 0.3) is 0 Å². The van der Waals surface area contributed by atoms with Gasteiger partial charge in [-0.2, -0.15) is 0 Å². The highest BCUT2D eigenvalue weighted by Gasteiger charge is 2.15. The molecule has 0 atom stereocenters. The topological polar surface area (TPSA) is 57.5 Å². The standard InChI is InChI=1S/C24H28N6S.C2H6/c1-16(2)18-6-8-19(9-7-18)27-24-28-21(15-31-24)23-17(3)26-22-14-20(10-12-30(22)23)25-11-13-29(4)5;1-2/h6-10,12,14-15,25H,1,11,13H2,2-5H3,(H,27,28);1-2H3. The summed E-state index contributed by atoms with van der Waals surface area (Å²) in [6, 6.07) is 12.4. The van der Waals surface area contributed by atoms with Crippen molar-refractivity contribution < 1.29 is 0 Å². The average Bonchev–Trinajstić information content (AvgIpc) is 3.37. The van der Waals surface area contributed by atoms with Gasteiger partial charge in [-0.1, -0.05) is 38.1 Å². The molecule has 0 amide bonds. The Morgan fingerprint density at radius 3 is 2.48 bits per heavy atom. The number of nitrogens with zero attached hydrogens (tertiary/aromatic N) is 4. The molecule has 3 aromatic heterocycles. The Hall–Kier alpha value is -3.16. The van der Waals surface area contributed by atoms with Crippen molar-refractivity contribution in [2.24, 2.45) is 0 Å². The van der Waals surface area contributed by atoms with Crippen molar-refractivity contribution in [3.05, 3.63) is 65.8 Å². The number of hydrogen-bond donors (Lipinski definition) is 2. The van der Waals surface area contributed by atoms with Crippen LogP contribution in [0, 0.1) is 6.92 Å². The van der Waals surface area contributed by atoms with E-state index in [1.165, 1.54) is 0 Å². The van der Waals surface area contributed by atoms with Gasteiger partial charge in [-0.25, -0.2) is 9.97 Å². The minimum absolute atomic E-state index is 0.856. The molecular weight excluding hydrogens is 428 g/mol. The van der Waals surface area contributed by atoms with Crippen LogP contribution in [-0.4, -0.2) is 46.5 Å². The lowest BCUT2D eigenvalue weighted by Crippen LogP contribution is -2.20. The van der Waals surface area contributed by atoms with Crippen molar-refractivity contribution >= 4 is 39.1 Å². The molecule has 0 fully saturated rings. The summed E-state index contributed by atoms with van der Waals surface area (Å²) < 4.78 is 2.10. The number of likely N-dealkylation sites (N-methyl/N-ethyl adjacent to an activating group) is 1. The average molecular weight is 463 g/mol. The highest BCUT2D eigenvalue weighted by Crippen LogP contribution is 2.30. The first-order valence-corrected chi connectivity index (χ1v) is 12.1. The number of aryl methyl sites for hydroxylation is 1. The number of anilines is 3. The van der Waals surface area contributed by atoms with Crippen molar-refractivity contribution in [1.29, 1.82) is 0 Å². The fraction of sp³-hybridized carbons (Fsp3) is 0.308. The molecule has 0 saturated heterocycles. The van der Waals surface area contributed by atoms with Crippen LogP contribution < -0.4 is 10.6 Å². The second kappa shape index (κ2) is 11.1. The van der Waals surface area contributed by atoms with Crippen LogP contribution in [0.5, 0.6) is 0 Å². The summed E-state index contributed by atoms with van der Waals surface area (Å²) in [4.78, 5) is 11.7. The molecule has 4 aromatic rings. The number of imidazole rings is 1. The van der Waals surface area contributed by atoms with Gasteiger partial charge >= 0.3 is 0 Å². The largest absolute Gasteiger partial charge is 0.384 e. The molecule has 6 nitrogen and oxygen atoms in total. The Morgan fingerprint density at radius 2 is 1.82 bits per heavy atom. The summed E-state index contributed by atoms with van der Waals surface area (Å²) in [5.74, 6) is 0. The number of rotatable bonds is 8. The molecule has 1 aromatic carbocycles. The molecule has 174 valence electrons. The van der Waals surface area contributed by atoms with Crippen molar-refractivity contribution in [1.82, 2.24) is 19.3 Å². The smallest absolute Gasteiger partial charge is 0.187 e. The Kier molecular flexibility index (Phi) is 8.25. The zero-order valence-corrected chi connectivity index (χ0v) is 21.3. The Labute approximate surface area is 201 Å². The maximum Gasteiger partial charge on any atom is 0.187 e. The summed E-state index contributed by atoms with van der Waals surface area (Å²) in [7, 11) is 4.15. The number of hydrogen-bond acceptors (Lipinski definition) is 6. The van der Waals surface area contributed by atoms with E-state index in [2.05, 4.69) is 88.6 Å². The molecule has 2 N–H and O–H groups in total. The van der Waals surface area contributed by atoms with E-state index in [0.29, 0.717) is 0 Å². The molecule has 0 aliphatic rings. The van der Waals surface area contributed by atoms with Crippen LogP contribution in [0.2, 0.25) is 0 Å². The number of allylic oxidation sites excluding steroid dienone is 1. The molecule has 0 aliphatic carbocycles. The van der Waals surface area contributed by atoms with Crippen LogP contribution in [0.1, 0.15) is 32.0 Å². The monoisotopic (exact) mass is 462 g/mol. The highest BCUT2D eigenvalue weighted by atomic mass is 32.1. The Morgan fingerprint density at radius 1 is 1.09 bits per heavy atom. The second-order valence-corrected chi connectivity index (χ2v) is 8.80. The number of aromatic nitrogens is 3. The van der Waals surface area contributed by atoms with Crippen LogP contribution in [0.4, 0.5) is 16.5 Å². The van der Waals surface area contributed by atoms with Gasteiger partial charge in [0, 0.05) is 42.1 Å². The summed E-state index contributed by atoms with van der Waals surface area (Å²) in [5.41, 5.74) is 8.11. The van der Waals surface area contributed by atoms with E-state index in [4.69, 9.17) is 9.97 Å². The first-order chi connectivity index (χ1) is 15.9. The van der Waals surface area contributed by atoms with Gasteiger partial charge in [-0.05, 0) is 51.7 Å². The van der Waals surface area contributed by atoms with E-state index in [1.807, 2.05) is 27.7 Å². The van der Waals surface area contributed by atoms with Crippen LogP contribution >= 0.6 is 11.3 Å². The lowest BCUT2D eigenvalue weighted by atomic mass is 10.1. The van der Waals surface area contributed by atoms with Gasteiger partial charge in [0.15, 0.2) is 5.13 Å². The molecule has 0 aliphatic heterocycles. The molecule has 7 heteroatoms. The molecule has 0 radical (unpaired) electrons. The first-order valence-electron chi connectivity index (χ1n) is 11.3. The first kappa shape index (κ1) is 24.5. The van der Waals surface area contributed by atoms with Crippen molar-refractivity contribution in [3.8, 4) is 11.4 Å². The second-order valence-electron chi connectivity index (χ2n) is 7.94. The van der Waals surface area contributed by atoms with Crippen LogP contribution in [0.25, 0.3) is 22.6 Å². The maximum absolute atomic E-state index is 4.82. The van der Waals surface area contributed by atoms with Crippen molar-refractivity contribution in [3.63, 3.8) is 0 Å². The zero-order chi connectivity index (χ0) is 24.0. The maximum atomic E-state index is 4.82. The molecule has 33 heavy (non-hydrogen) atoms. The third kappa shape index (κ3) is 6.00. The molecule has 3 heterocycles. The molecule has 0 unspecified atom stereocenters. The molecule has 0 bridgehead atoms. The molecule has 4 rings (SSSR count). The quantitative estimate of drug-likeness (QED) is 0.311. The number of benzene rings is 1. The molecule has 0 spiro atoms. The summed E-state index contributed by atoms with van der Waals surface area (Å²) in [5, 5.41) is 9.78. The van der Waals surface area contributed by atoms with Crippen LogP contribution in [0.3, 0.4) is 0 Å². The van der Waals surface area contributed by atoms with Crippen LogP contribution in [0.15, 0.2) is 54.6 Å². The van der Waals surface area contributed by atoms with Gasteiger partial charge in [0.2, 0.25) is 0 Å². The van der Waals surface area contributed by atoms with Gasteiger partial charge in [0.05, 0.1) is 11.4 Å². The van der Waals surface area contributed by atoms with Crippen molar-refractivity contribution in [2.75, 3.05) is 37.8 Å². The van der Waals surface area contributed by atoms with E-state index in [1.54, 1.807) is 11.3 Å². The van der Waals surface area contributed by atoms with Gasteiger partial charge < -0.3 is 15.5 Å². The van der Waals surface area contributed by atoms with Crippen LogP contribution in [-0.2, 0) is 0 Å². The van der Waals surface area contributed by atoms with E-state index in [-0.39, 0.29) is 0 Å². The lowest BCUT2D eigenvalue weighted by molar-refractivity contribution is 0.425. The number of fused-ring (bicyclic) bond motifs is 1. The number of nitrogens with one attached hydrogen (secondary N) is 2. The van der Waals surface area contributed by atoms with Gasteiger partial charge in [-0.15, -0.1) is 11.3 Å². The summed E-state index contributed by atoms with van der Waals surface area (Å²) >= 11 is 1.59. The lowest BCUT2D eigenvalue weighted by Gasteiger charge is -2.11. The molecular formula is C26H34N6S. The number of thiazole rings is 1. The van der Waals surface area contributed by atoms with Crippen molar-refractivity contribution in [2.45, 2.75) is 27.7 Å². The van der Waals surface area contributed by atoms with E-state index in [0.717, 1.165) is 63.5 Å². The minimum Gasteiger partial charge on any atom is -0.384 e. The minimum atomic E-state index is 0.856. The van der Waals surface area contributed by atoms with E-state index in [9.17, 15) is 0 Å². The predicted molar refractivity (Wildman–Crippen MR) is 144 cm³/mol. The zero-order valence-electron chi connectivity index (χ0n) is 20.4. The third-order valence-electron chi connectivity index (χ3n) is 5.06. The normalized spacial score (nSPS) is 10.8. The third-order valence-corrected chi connectivity index (χ3v) is 5.82. The van der Waals surface area contributed by atoms with Gasteiger partial charge in [-0.3, -0.25) is 4.40 Å². The fourth-order valence-electron chi connectivity index (χ4n) is 3.41. The van der Waals surface area contributed by atoms with E-state index >= 15 is 0 Å². The van der Waals surface area contributed by atoms with E-state index < -0.39 is 0 Å². The summed E-state index contributed by atoms with van der Waals surface area (Å²) in [6.45, 7) is 13.9. The Bertz CT molecular complexity index is 1200. The molecule has 0 saturated carbocycles. The Balaban J connectivity index is 0.00000149. The SMILES string of the molecule is C=C(C)c1ccc(Nc2nc(-c3c(C)nc4cc(NCCN(C)C)ccn34)cs2)cc1.CC. The predicted octanol–water partition coefficient (Wildman–Crippen LogP) is 6.54. The highest BCUT2D eigenvalue weighted by molar-refractivity contribution is 7.14. The van der Waals surface area contributed by atoms with Gasteiger partial charge in [0.1, 0.15) is 11.3 Å². The number of pyridine rings is 1.